The Morgan fingerprint density at radius 2 is 2.15 bits per heavy atom. The third-order valence-corrected chi connectivity index (χ3v) is 1.91. The standard InChI is InChI=1S/C10H9F2N/c1-7(5-6-13)8-3-2-4-9(11)10(8)12/h2-4,7H,5H2,1H3. The molecule has 1 aromatic carbocycles. The first kappa shape index (κ1) is 9.66. The summed E-state index contributed by atoms with van der Waals surface area (Å²) in [6.45, 7) is 1.70. The number of hydrogen-bond acceptors (Lipinski definition) is 1. The fourth-order valence-electron chi connectivity index (χ4n) is 1.15. The fraction of sp³-hybridized carbons (Fsp3) is 0.300. The van der Waals surface area contributed by atoms with Crippen LogP contribution in [0.4, 0.5) is 8.78 Å². The van der Waals surface area contributed by atoms with Crippen molar-refractivity contribution in [3.8, 4) is 6.07 Å². The molecule has 0 aliphatic carbocycles. The molecule has 0 fully saturated rings. The maximum Gasteiger partial charge on any atom is 0.162 e. The van der Waals surface area contributed by atoms with Crippen molar-refractivity contribution < 1.29 is 8.78 Å². The molecule has 0 radical (unpaired) electrons. The molecule has 1 rings (SSSR count). The second kappa shape index (κ2) is 3.99. The average Bonchev–Trinajstić information content (AvgIpc) is 2.10. The van der Waals surface area contributed by atoms with Crippen LogP contribution < -0.4 is 0 Å². The Morgan fingerprint density at radius 1 is 1.46 bits per heavy atom. The summed E-state index contributed by atoms with van der Waals surface area (Å²) >= 11 is 0. The summed E-state index contributed by atoms with van der Waals surface area (Å²) in [5.74, 6) is -1.96. The van der Waals surface area contributed by atoms with Gasteiger partial charge in [-0.3, -0.25) is 0 Å². The first-order valence-electron chi connectivity index (χ1n) is 3.97. The van der Waals surface area contributed by atoms with Gasteiger partial charge in [-0.15, -0.1) is 0 Å². The molecule has 0 aromatic heterocycles. The molecule has 0 amide bonds. The normalized spacial score (nSPS) is 12.2. The van der Waals surface area contributed by atoms with Gasteiger partial charge in [-0.25, -0.2) is 8.78 Å². The predicted molar refractivity (Wildman–Crippen MR) is 45.0 cm³/mol. The summed E-state index contributed by atoms with van der Waals surface area (Å²) in [5, 5.41) is 8.39. The fourth-order valence-corrected chi connectivity index (χ4v) is 1.15. The molecule has 68 valence electrons. The lowest BCUT2D eigenvalue weighted by Gasteiger charge is -2.08. The third kappa shape index (κ3) is 2.03. The van der Waals surface area contributed by atoms with Crippen molar-refractivity contribution in [2.45, 2.75) is 19.3 Å². The van der Waals surface area contributed by atoms with Crippen molar-refractivity contribution in [2.75, 3.05) is 0 Å². The van der Waals surface area contributed by atoms with Gasteiger partial charge >= 0.3 is 0 Å². The summed E-state index contributed by atoms with van der Waals surface area (Å²) in [4.78, 5) is 0. The Labute approximate surface area is 75.6 Å². The molecule has 3 heteroatoms. The smallest absolute Gasteiger partial charge is 0.162 e. The van der Waals surface area contributed by atoms with Crippen molar-refractivity contribution in [3.63, 3.8) is 0 Å². The Morgan fingerprint density at radius 3 is 2.77 bits per heavy atom. The zero-order chi connectivity index (χ0) is 9.84. The third-order valence-electron chi connectivity index (χ3n) is 1.91. The Hall–Kier alpha value is -1.43. The lowest BCUT2D eigenvalue weighted by molar-refractivity contribution is 0.491. The molecule has 0 aliphatic heterocycles. The lowest BCUT2D eigenvalue weighted by Crippen LogP contribution is -1.98. The van der Waals surface area contributed by atoms with Crippen LogP contribution in [0.1, 0.15) is 24.8 Å². The van der Waals surface area contributed by atoms with Crippen molar-refractivity contribution >= 4 is 0 Å². The molecule has 0 N–H and O–H groups in total. The average molecular weight is 181 g/mol. The summed E-state index contributed by atoms with van der Waals surface area (Å²) in [7, 11) is 0. The van der Waals surface area contributed by atoms with Gasteiger partial charge in [-0.2, -0.15) is 5.26 Å². The minimum atomic E-state index is -0.859. The molecular formula is C10H9F2N. The van der Waals surface area contributed by atoms with E-state index in [-0.39, 0.29) is 17.9 Å². The van der Waals surface area contributed by atoms with E-state index >= 15 is 0 Å². The van der Waals surface area contributed by atoms with Crippen LogP contribution in [0.2, 0.25) is 0 Å². The molecule has 0 saturated heterocycles. The van der Waals surface area contributed by atoms with Gasteiger partial charge < -0.3 is 0 Å². The monoisotopic (exact) mass is 181 g/mol. The zero-order valence-electron chi connectivity index (χ0n) is 7.22. The van der Waals surface area contributed by atoms with Crippen molar-refractivity contribution in [3.05, 3.63) is 35.4 Å². The molecule has 1 unspecified atom stereocenters. The number of hydrogen-bond donors (Lipinski definition) is 0. The molecule has 1 nitrogen and oxygen atoms in total. The quantitative estimate of drug-likeness (QED) is 0.688. The van der Waals surface area contributed by atoms with Gasteiger partial charge in [-0.1, -0.05) is 19.1 Å². The minimum absolute atomic E-state index is 0.195. The van der Waals surface area contributed by atoms with E-state index in [2.05, 4.69) is 0 Å². The molecule has 1 atom stereocenters. The number of halogens is 2. The molecule has 0 bridgehead atoms. The molecule has 0 heterocycles. The summed E-state index contributed by atoms with van der Waals surface area (Å²) < 4.78 is 25.8. The molecule has 1 aromatic rings. The van der Waals surface area contributed by atoms with Gasteiger partial charge in [0, 0.05) is 6.42 Å². The molecule has 13 heavy (non-hydrogen) atoms. The summed E-state index contributed by atoms with van der Waals surface area (Å²) in [5.41, 5.74) is 0.265. The van der Waals surface area contributed by atoms with E-state index < -0.39 is 11.6 Å². The van der Waals surface area contributed by atoms with Gasteiger partial charge in [0.15, 0.2) is 11.6 Å². The van der Waals surface area contributed by atoms with Crippen LogP contribution in [0.5, 0.6) is 0 Å². The minimum Gasteiger partial charge on any atom is -0.204 e. The van der Waals surface area contributed by atoms with E-state index in [4.69, 9.17) is 5.26 Å². The van der Waals surface area contributed by atoms with Gasteiger partial charge in [-0.05, 0) is 17.5 Å². The van der Waals surface area contributed by atoms with Crippen LogP contribution in [0, 0.1) is 23.0 Å². The Bertz CT molecular complexity index is 341. The first-order valence-corrected chi connectivity index (χ1v) is 3.97. The summed E-state index contributed by atoms with van der Waals surface area (Å²) in [6.07, 6.45) is 0.195. The molecule has 0 saturated carbocycles. The highest BCUT2D eigenvalue weighted by atomic mass is 19.2. The van der Waals surface area contributed by atoms with E-state index in [0.29, 0.717) is 0 Å². The highest BCUT2D eigenvalue weighted by Crippen LogP contribution is 2.22. The zero-order valence-corrected chi connectivity index (χ0v) is 7.22. The molecular weight excluding hydrogens is 172 g/mol. The van der Waals surface area contributed by atoms with Gasteiger partial charge in [0.1, 0.15) is 0 Å². The SMILES string of the molecule is CC(CC#N)c1cccc(F)c1F. The predicted octanol–water partition coefficient (Wildman–Crippen LogP) is 2.98. The number of benzene rings is 1. The van der Waals surface area contributed by atoms with Crippen LogP contribution in [-0.4, -0.2) is 0 Å². The second-order valence-corrected chi connectivity index (χ2v) is 2.91. The lowest BCUT2D eigenvalue weighted by atomic mass is 9.98. The van der Waals surface area contributed by atoms with Crippen molar-refractivity contribution in [2.24, 2.45) is 0 Å². The maximum absolute atomic E-state index is 13.1. The van der Waals surface area contributed by atoms with Crippen LogP contribution >= 0.6 is 0 Å². The highest BCUT2D eigenvalue weighted by Gasteiger charge is 2.13. The maximum atomic E-state index is 13.1. The number of rotatable bonds is 2. The Kier molecular flexibility index (Phi) is 2.97. The van der Waals surface area contributed by atoms with Crippen molar-refractivity contribution in [1.29, 1.82) is 5.26 Å². The van der Waals surface area contributed by atoms with Crippen molar-refractivity contribution in [1.82, 2.24) is 0 Å². The van der Waals surface area contributed by atoms with E-state index in [0.717, 1.165) is 6.07 Å². The molecule has 0 aliphatic rings. The van der Waals surface area contributed by atoms with Gasteiger partial charge in [0.2, 0.25) is 0 Å². The topological polar surface area (TPSA) is 23.8 Å². The van der Waals surface area contributed by atoms with E-state index in [1.165, 1.54) is 12.1 Å². The molecule has 0 spiro atoms. The van der Waals surface area contributed by atoms with Crippen LogP contribution in [0.25, 0.3) is 0 Å². The number of nitrogens with zero attached hydrogens (tertiary/aromatic N) is 1. The van der Waals surface area contributed by atoms with Crippen LogP contribution in [0.15, 0.2) is 18.2 Å². The first-order chi connectivity index (χ1) is 6.16. The van der Waals surface area contributed by atoms with Crippen LogP contribution in [0.3, 0.4) is 0 Å². The van der Waals surface area contributed by atoms with Gasteiger partial charge in [0.05, 0.1) is 6.07 Å². The van der Waals surface area contributed by atoms with E-state index in [9.17, 15) is 8.78 Å². The second-order valence-electron chi connectivity index (χ2n) is 2.91. The Balaban J connectivity index is 3.02. The largest absolute Gasteiger partial charge is 0.204 e. The highest BCUT2D eigenvalue weighted by molar-refractivity contribution is 5.23. The van der Waals surface area contributed by atoms with Crippen LogP contribution in [-0.2, 0) is 0 Å². The summed E-state index contributed by atoms with van der Waals surface area (Å²) in [6, 6.07) is 5.94. The number of nitriles is 1. The van der Waals surface area contributed by atoms with E-state index in [1.54, 1.807) is 6.92 Å². The van der Waals surface area contributed by atoms with E-state index in [1.807, 2.05) is 6.07 Å². The van der Waals surface area contributed by atoms with Gasteiger partial charge in [0.25, 0.3) is 0 Å².